The topological polar surface area (TPSA) is 131 Å². The molecule has 0 aliphatic heterocycles. The summed E-state index contributed by atoms with van der Waals surface area (Å²) in [5, 5.41) is 25.1. The molecule has 9 nitrogen and oxygen atoms in total. The molecule has 114 valence electrons. The number of aryl methyl sites for hydroxylation is 1. The number of hydrogen-bond donors (Lipinski definition) is 0. The number of aliphatic carboxylic acids is 1. The molecule has 1 aromatic heterocycles. The van der Waals surface area contributed by atoms with Crippen LogP contribution >= 0.6 is 0 Å². The summed E-state index contributed by atoms with van der Waals surface area (Å²) < 4.78 is 0.750. The van der Waals surface area contributed by atoms with E-state index in [9.17, 15) is 24.8 Å². The van der Waals surface area contributed by atoms with Gasteiger partial charge in [0, 0.05) is 17.1 Å². The van der Waals surface area contributed by atoms with Crippen molar-refractivity contribution in [2.75, 3.05) is 0 Å². The summed E-state index contributed by atoms with van der Waals surface area (Å²) in [6, 6.07) is 5.14. The third-order valence-corrected chi connectivity index (χ3v) is 3.00. The number of carboxylic acids is 1. The van der Waals surface area contributed by atoms with Gasteiger partial charge in [0.1, 0.15) is 6.04 Å². The highest BCUT2D eigenvalue weighted by atomic mass is 16.6. The van der Waals surface area contributed by atoms with E-state index in [1.165, 1.54) is 0 Å². The Morgan fingerprint density at radius 3 is 2.45 bits per heavy atom. The first-order chi connectivity index (χ1) is 10.4. The molecule has 0 bridgehead atoms. The largest absolute Gasteiger partial charge is 0.548 e. The third-order valence-electron chi connectivity index (χ3n) is 3.00. The number of hydrogen-bond acceptors (Lipinski definition) is 7. The predicted molar refractivity (Wildman–Crippen MR) is 70.8 cm³/mol. The minimum absolute atomic E-state index is 0.339. The van der Waals surface area contributed by atoms with E-state index in [4.69, 9.17) is 0 Å². The Morgan fingerprint density at radius 1 is 1.32 bits per heavy atom. The lowest BCUT2D eigenvalue weighted by Crippen LogP contribution is -2.35. The lowest BCUT2D eigenvalue weighted by atomic mass is 10.0. The van der Waals surface area contributed by atoms with Crippen molar-refractivity contribution in [3.63, 3.8) is 0 Å². The summed E-state index contributed by atoms with van der Waals surface area (Å²) in [7, 11) is 0. The highest BCUT2D eigenvalue weighted by Crippen LogP contribution is 2.16. The number of rotatable bonds is 6. The Morgan fingerprint density at radius 2 is 1.95 bits per heavy atom. The van der Waals surface area contributed by atoms with E-state index in [-0.39, 0.29) is 0 Å². The number of carbonyl (C=O) groups is 2. The van der Waals surface area contributed by atoms with Crippen molar-refractivity contribution in [2.24, 2.45) is 0 Å². The van der Waals surface area contributed by atoms with Crippen LogP contribution in [0.1, 0.15) is 28.4 Å². The van der Waals surface area contributed by atoms with Gasteiger partial charge in [-0.15, -0.1) is 0 Å². The molecule has 0 spiro atoms. The van der Waals surface area contributed by atoms with E-state index in [0.717, 1.165) is 16.6 Å². The molecular weight excluding hydrogens is 292 g/mol. The van der Waals surface area contributed by atoms with E-state index < -0.39 is 35.1 Å². The molecule has 0 saturated heterocycles. The van der Waals surface area contributed by atoms with Crippen molar-refractivity contribution in [3.8, 4) is 0 Å². The number of carbonyl (C=O) groups excluding carboxylic acids is 2. The van der Waals surface area contributed by atoms with Gasteiger partial charge in [-0.05, 0) is 11.8 Å². The van der Waals surface area contributed by atoms with Gasteiger partial charge in [0.15, 0.2) is 5.78 Å². The molecule has 0 aliphatic rings. The third kappa shape index (κ3) is 3.32. The van der Waals surface area contributed by atoms with E-state index >= 15 is 0 Å². The molecule has 0 radical (unpaired) electrons. The van der Waals surface area contributed by atoms with Gasteiger partial charge in [-0.25, -0.2) is 0 Å². The van der Waals surface area contributed by atoms with Crippen molar-refractivity contribution in [2.45, 2.75) is 19.4 Å². The van der Waals surface area contributed by atoms with Crippen LogP contribution in [0.5, 0.6) is 0 Å². The maximum atomic E-state index is 12.1. The van der Waals surface area contributed by atoms with Gasteiger partial charge in [0.2, 0.25) is 6.33 Å². The first kappa shape index (κ1) is 15.3. The highest BCUT2D eigenvalue weighted by molar-refractivity contribution is 5.98. The fraction of sp³-hybridized carbons (Fsp3) is 0.231. The minimum Gasteiger partial charge on any atom is -0.548 e. The first-order valence-electron chi connectivity index (χ1n) is 6.24. The monoisotopic (exact) mass is 303 g/mol. The maximum absolute atomic E-state index is 12.1. The first-order valence-corrected chi connectivity index (χ1v) is 6.24. The number of aromatic nitrogens is 3. The number of nitrogens with zero attached hydrogens (tertiary/aromatic N) is 4. The van der Waals surface area contributed by atoms with E-state index in [0.29, 0.717) is 5.56 Å². The summed E-state index contributed by atoms with van der Waals surface area (Å²) in [5.41, 5.74) is 1.30. The quantitative estimate of drug-likeness (QED) is 0.418. The molecule has 0 fully saturated rings. The molecule has 1 heterocycles. The van der Waals surface area contributed by atoms with Gasteiger partial charge in [-0.3, -0.25) is 4.79 Å². The van der Waals surface area contributed by atoms with Crippen LogP contribution in [0.3, 0.4) is 0 Å². The molecule has 0 aliphatic carbocycles. The van der Waals surface area contributed by atoms with Crippen LogP contribution in [-0.4, -0.2) is 31.4 Å². The zero-order chi connectivity index (χ0) is 16.3. The normalized spacial score (nSPS) is 11.9. The number of benzene rings is 1. The second-order valence-corrected chi connectivity index (χ2v) is 4.61. The average molecular weight is 303 g/mol. The Kier molecular flexibility index (Phi) is 4.25. The number of Topliss-reactive ketones (excluding diaryl/α,β-unsaturated/α-hetero) is 1. The van der Waals surface area contributed by atoms with E-state index in [1.54, 1.807) is 24.3 Å². The van der Waals surface area contributed by atoms with Crippen molar-refractivity contribution in [1.82, 2.24) is 14.8 Å². The van der Waals surface area contributed by atoms with Gasteiger partial charge in [0.25, 0.3) is 0 Å². The zero-order valence-electron chi connectivity index (χ0n) is 11.5. The Balaban J connectivity index is 2.21. The summed E-state index contributed by atoms with van der Waals surface area (Å²) >= 11 is 0. The standard InChI is InChI=1S/C13H12N4O5/c1-8-2-4-9(5-3-8)11(18)6-10(12(19)20)16-7-14-13(15-16)17(21)22/h2-5,7,10H,6H2,1H3,(H,19,20)/p-1/t10-/m0/s1. The minimum atomic E-state index is -1.57. The SMILES string of the molecule is Cc1ccc(C(=O)C[C@@H](C(=O)[O-])n2cnc([N+](=O)[O-])n2)cc1. The number of nitro groups is 1. The van der Waals surface area contributed by atoms with Crippen LogP contribution in [0.2, 0.25) is 0 Å². The van der Waals surface area contributed by atoms with Gasteiger partial charge in [0.05, 0.1) is 5.97 Å². The van der Waals surface area contributed by atoms with Crippen LogP contribution in [0.15, 0.2) is 30.6 Å². The van der Waals surface area contributed by atoms with Crippen molar-refractivity contribution in [3.05, 3.63) is 51.8 Å². The maximum Gasteiger partial charge on any atom is 0.490 e. The fourth-order valence-corrected chi connectivity index (χ4v) is 1.82. The second-order valence-electron chi connectivity index (χ2n) is 4.61. The molecule has 0 saturated carbocycles. The zero-order valence-corrected chi connectivity index (χ0v) is 11.5. The second kappa shape index (κ2) is 6.12. The Bertz CT molecular complexity index is 722. The number of carboxylic acid groups (broad SMARTS) is 1. The lowest BCUT2D eigenvalue weighted by molar-refractivity contribution is -0.394. The fourth-order valence-electron chi connectivity index (χ4n) is 1.82. The molecule has 1 aromatic carbocycles. The Hall–Kier alpha value is -3.10. The molecule has 22 heavy (non-hydrogen) atoms. The molecule has 0 N–H and O–H groups in total. The summed E-state index contributed by atoms with van der Waals surface area (Å²) in [4.78, 5) is 36.3. The van der Waals surface area contributed by atoms with Gasteiger partial charge >= 0.3 is 5.95 Å². The summed E-state index contributed by atoms with van der Waals surface area (Å²) in [6.07, 6.45) is 0.451. The summed E-state index contributed by atoms with van der Waals surface area (Å²) in [5.74, 6) is -2.75. The molecule has 0 amide bonds. The smallest absolute Gasteiger partial charge is 0.490 e. The Labute approximate surface area is 124 Å². The van der Waals surface area contributed by atoms with E-state index in [1.807, 2.05) is 6.92 Å². The van der Waals surface area contributed by atoms with Crippen molar-refractivity contribution in [1.29, 1.82) is 0 Å². The van der Waals surface area contributed by atoms with Gasteiger partial charge in [-0.1, -0.05) is 34.8 Å². The molecule has 2 rings (SSSR count). The number of ketones is 1. The van der Waals surface area contributed by atoms with Crippen LogP contribution in [0.4, 0.5) is 5.95 Å². The van der Waals surface area contributed by atoms with Crippen LogP contribution in [0.25, 0.3) is 0 Å². The van der Waals surface area contributed by atoms with Crippen LogP contribution < -0.4 is 5.11 Å². The highest BCUT2D eigenvalue weighted by Gasteiger charge is 2.24. The molecule has 1 atom stereocenters. The average Bonchev–Trinajstić information content (AvgIpc) is 2.94. The van der Waals surface area contributed by atoms with Crippen LogP contribution in [0, 0.1) is 17.0 Å². The van der Waals surface area contributed by atoms with Crippen molar-refractivity contribution < 1.29 is 19.6 Å². The molecule has 2 aromatic rings. The van der Waals surface area contributed by atoms with Gasteiger partial charge < -0.3 is 20.0 Å². The predicted octanol–water partition coefficient (Wildman–Crippen LogP) is 0.0587. The summed E-state index contributed by atoms with van der Waals surface area (Å²) in [6.45, 7) is 1.85. The molecule has 9 heteroatoms. The van der Waals surface area contributed by atoms with Crippen LogP contribution in [-0.2, 0) is 4.79 Å². The van der Waals surface area contributed by atoms with Gasteiger partial charge in [-0.2, -0.15) is 4.68 Å². The van der Waals surface area contributed by atoms with Crippen molar-refractivity contribution >= 4 is 17.7 Å². The molecular formula is C13H11N4O5-. The van der Waals surface area contributed by atoms with E-state index in [2.05, 4.69) is 10.1 Å². The lowest BCUT2D eigenvalue weighted by Gasteiger charge is -2.14. The molecule has 0 unspecified atom stereocenters.